The third kappa shape index (κ3) is 2.34. The number of hydrogen-bond donors (Lipinski definition) is 0. The van der Waals surface area contributed by atoms with E-state index in [1.807, 2.05) is 0 Å². The first-order valence-electron chi connectivity index (χ1n) is 4.30. The van der Waals surface area contributed by atoms with E-state index < -0.39 is 11.6 Å². The summed E-state index contributed by atoms with van der Waals surface area (Å²) in [7, 11) is 0. The molecule has 0 amide bonds. The summed E-state index contributed by atoms with van der Waals surface area (Å²) in [6.07, 6.45) is 6.26. The molecule has 15 heavy (non-hydrogen) atoms. The van der Waals surface area contributed by atoms with E-state index >= 15 is 0 Å². The van der Waals surface area contributed by atoms with Crippen molar-refractivity contribution in [1.82, 2.24) is 9.97 Å². The molecule has 1 aromatic heterocycles. The topological polar surface area (TPSA) is 25.8 Å². The fourth-order valence-corrected chi connectivity index (χ4v) is 1.18. The van der Waals surface area contributed by atoms with Crippen LogP contribution < -0.4 is 0 Å². The van der Waals surface area contributed by atoms with E-state index in [1.165, 1.54) is 12.4 Å². The van der Waals surface area contributed by atoms with Crippen molar-refractivity contribution in [2.75, 3.05) is 0 Å². The van der Waals surface area contributed by atoms with Crippen molar-refractivity contribution >= 4 is 0 Å². The van der Waals surface area contributed by atoms with Crippen LogP contribution in [0.3, 0.4) is 0 Å². The molecular weight excluding hydrogens is 198 g/mol. The van der Waals surface area contributed by atoms with Crippen molar-refractivity contribution in [3.8, 4) is 0 Å². The molecule has 0 bridgehead atoms. The molecule has 0 aliphatic heterocycles. The van der Waals surface area contributed by atoms with Gasteiger partial charge in [-0.2, -0.15) is 0 Å². The highest BCUT2D eigenvalue weighted by molar-refractivity contribution is 5.34. The van der Waals surface area contributed by atoms with Crippen molar-refractivity contribution in [3.05, 3.63) is 66.1 Å². The lowest BCUT2D eigenvalue weighted by Crippen LogP contribution is -1.90. The van der Waals surface area contributed by atoms with Gasteiger partial charge < -0.3 is 0 Å². The standard InChI is InChI=1S/C11H7F2N2/c12-10-2-1-8(4-11(10)13)3-9-5-14-7-15-6-9/h1-7H. The highest BCUT2D eigenvalue weighted by atomic mass is 19.2. The summed E-state index contributed by atoms with van der Waals surface area (Å²) in [6, 6.07) is 3.71. The Morgan fingerprint density at radius 3 is 2.33 bits per heavy atom. The third-order valence-corrected chi connectivity index (χ3v) is 1.86. The first-order chi connectivity index (χ1) is 7.25. The Bertz CT molecular complexity index is 457. The average Bonchev–Trinajstić information content (AvgIpc) is 2.25. The lowest BCUT2D eigenvalue weighted by atomic mass is 10.1. The molecule has 0 N–H and O–H groups in total. The van der Waals surface area contributed by atoms with Gasteiger partial charge in [0.15, 0.2) is 11.6 Å². The zero-order valence-corrected chi connectivity index (χ0v) is 7.69. The smallest absolute Gasteiger partial charge is 0.159 e. The monoisotopic (exact) mass is 205 g/mol. The number of aromatic nitrogens is 2. The molecule has 0 spiro atoms. The summed E-state index contributed by atoms with van der Waals surface area (Å²) in [5.74, 6) is -1.71. The molecule has 0 saturated carbocycles. The second kappa shape index (κ2) is 4.13. The van der Waals surface area contributed by atoms with Gasteiger partial charge in [-0.25, -0.2) is 18.7 Å². The van der Waals surface area contributed by atoms with E-state index in [1.54, 1.807) is 18.8 Å². The molecule has 0 aliphatic carbocycles. The van der Waals surface area contributed by atoms with Gasteiger partial charge in [0.1, 0.15) is 6.33 Å². The van der Waals surface area contributed by atoms with E-state index in [4.69, 9.17) is 0 Å². The molecule has 2 rings (SSSR count). The Kier molecular flexibility index (Phi) is 2.67. The van der Waals surface area contributed by atoms with E-state index in [0.29, 0.717) is 5.56 Å². The van der Waals surface area contributed by atoms with Crippen molar-refractivity contribution in [3.63, 3.8) is 0 Å². The molecule has 1 heterocycles. The van der Waals surface area contributed by atoms with E-state index in [2.05, 4.69) is 9.97 Å². The van der Waals surface area contributed by atoms with Crippen molar-refractivity contribution in [1.29, 1.82) is 0 Å². The van der Waals surface area contributed by atoms with Crippen LogP contribution in [0.2, 0.25) is 0 Å². The first kappa shape index (κ1) is 9.71. The maximum atomic E-state index is 12.9. The Labute approximate surface area is 85.6 Å². The van der Waals surface area contributed by atoms with Crippen LogP contribution in [0.1, 0.15) is 11.1 Å². The van der Waals surface area contributed by atoms with E-state index in [-0.39, 0.29) is 0 Å². The SMILES string of the molecule is Fc1ccc([CH]c2cncnc2)cc1F. The largest absolute Gasteiger partial charge is 0.245 e. The normalized spacial score (nSPS) is 10.3. The molecule has 0 unspecified atom stereocenters. The van der Waals surface area contributed by atoms with E-state index in [9.17, 15) is 8.78 Å². The molecule has 0 fully saturated rings. The van der Waals surface area contributed by atoms with Gasteiger partial charge in [0, 0.05) is 18.8 Å². The fourth-order valence-electron chi connectivity index (χ4n) is 1.18. The zero-order chi connectivity index (χ0) is 10.7. The Balaban J connectivity index is 2.22. The lowest BCUT2D eigenvalue weighted by molar-refractivity contribution is 0.508. The second-order valence-electron chi connectivity index (χ2n) is 2.99. The minimum atomic E-state index is -0.861. The second-order valence-corrected chi connectivity index (χ2v) is 2.99. The van der Waals surface area contributed by atoms with Crippen molar-refractivity contribution < 1.29 is 8.78 Å². The molecule has 1 radical (unpaired) electrons. The predicted octanol–water partition coefficient (Wildman–Crippen LogP) is 2.36. The number of hydrogen-bond acceptors (Lipinski definition) is 2. The minimum absolute atomic E-state index is 0.573. The predicted molar refractivity (Wildman–Crippen MR) is 50.9 cm³/mol. The van der Waals surface area contributed by atoms with Gasteiger partial charge in [0.25, 0.3) is 0 Å². The van der Waals surface area contributed by atoms with Crippen LogP contribution in [0.15, 0.2) is 36.9 Å². The van der Waals surface area contributed by atoms with Gasteiger partial charge in [0.2, 0.25) is 0 Å². The molecule has 2 nitrogen and oxygen atoms in total. The van der Waals surface area contributed by atoms with Crippen LogP contribution >= 0.6 is 0 Å². The summed E-state index contributed by atoms with van der Waals surface area (Å²) >= 11 is 0. The summed E-state index contributed by atoms with van der Waals surface area (Å²) in [5.41, 5.74) is 1.31. The minimum Gasteiger partial charge on any atom is -0.245 e. The molecule has 4 heteroatoms. The number of rotatable bonds is 2. The van der Waals surface area contributed by atoms with Crippen LogP contribution in [0.25, 0.3) is 0 Å². The quantitative estimate of drug-likeness (QED) is 0.752. The average molecular weight is 205 g/mol. The van der Waals surface area contributed by atoms with Crippen molar-refractivity contribution in [2.45, 2.75) is 0 Å². The molecular formula is C11H7F2N2. The van der Waals surface area contributed by atoms with Crippen LogP contribution in [-0.2, 0) is 0 Å². The highest BCUT2D eigenvalue weighted by Gasteiger charge is 2.03. The molecule has 0 aliphatic rings. The van der Waals surface area contributed by atoms with Gasteiger partial charge in [-0.3, -0.25) is 0 Å². The zero-order valence-electron chi connectivity index (χ0n) is 7.69. The highest BCUT2D eigenvalue weighted by Crippen LogP contribution is 2.13. The van der Waals surface area contributed by atoms with Crippen molar-refractivity contribution in [2.24, 2.45) is 0 Å². The first-order valence-corrected chi connectivity index (χ1v) is 4.30. The van der Waals surface area contributed by atoms with Crippen LogP contribution in [0.5, 0.6) is 0 Å². The lowest BCUT2D eigenvalue weighted by Gasteiger charge is -2.00. The number of benzene rings is 1. The summed E-state index contributed by atoms with van der Waals surface area (Å²) in [6.45, 7) is 0. The summed E-state index contributed by atoms with van der Waals surface area (Å²) in [5, 5.41) is 0. The molecule has 1 aromatic carbocycles. The Morgan fingerprint density at radius 1 is 0.933 bits per heavy atom. The van der Waals surface area contributed by atoms with E-state index in [0.717, 1.165) is 17.7 Å². The Morgan fingerprint density at radius 2 is 1.67 bits per heavy atom. The maximum absolute atomic E-state index is 12.9. The summed E-state index contributed by atoms with van der Waals surface area (Å²) < 4.78 is 25.5. The van der Waals surface area contributed by atoms with Gasteiger partial charge in [-0.05, 0) is 23.3 Å². The Hall–Kier alpha value is -1.84. The fraction of sp³-hybridized carbons (Fsp3) is 0. The van der Waals surface area contributed by atoms with Gasteiger partial charge in [-0.1, -0.05) is 6.07 Å². The number of halogens is 2. The summed E-state index contributed by atoms with van der Waals surface area (Å²) in [4.78, 5) is 7.62. The van der Waals surface area contributed by atoms with Gasteiger partial charge in [0.05, 0.1) is 0 Å². The van der Waals surface area contributed by atoms with Crippen LogP contribution in [0.4, 0.5) is 8.78 Å². The number of nitrogens with zero attached hydrogens (tertiary/aromatic N) is 2. The van der Waals surface area contributed by atoms with Gasteiger partial charge in [-0.15, -0.1) is 0 Å². The molecule has 75 valence electrons. The molecule has 0 saturated heterocycles. The molecule has 2 aromatic rings. The van der Waals surface area contributed by atoms with Crippen LogP contribution in [0, 0.1) is 18.1 Å². The molecule has 0 atom stereocenters. The maximum Gasteiger partial charge on any atom is 0.159 e. The van der Waals surface area contributed by atoms with Crippen LogP contribution in [-0.4, -0.2) is 9.97 Å². The third-order valence-electron chi connectivity index (χ3n) is 1.86. The van der Waals surface area contributed by atoms with Gasteiger partial charge >= 0.3 is 0 Å².